The molecule has 0 aliphatic carbocycles. The predicted molar refractivity (Wildman–Crippen MR) is 93.5 cm³/mol. The third-order valence-corrected chi connectivity index (χ3v) is 4.70. The quantitative estimate of drug-likeness (QED) is 0.667. The van der Waals surface area contributed by atoms with Crippen molar-refractivity contribution < 1.29 is 14.7 Å². The Kier molecular flexibility index (Phi) is 5.67. The van der Waals surface area contributed by atoms with Gasteiger partial charge in [-0.3, -0.25) is 19.5 Å². The lowest BCUT2D eigenvalue weighted by Crippen LogP contribution is -2.39. The van der Waals surface area contributed by atoms with Gasteiger partial charge >= 0.3 is 5.97 Å². The molecule has 1 fully saturated rings. The number of aromatic carboxylic acids is 1. The van der Waals surface area contributed by atoms with Crippen LogP contribution in [0, 0.1) is 12.8 Å². The number of carboxylic acids is 1. The molecular weight excluding hydrogens is 336 g/mol. The van der Waals surface area contributed by atoms with E-state index in [1.807, 2.05) is 13.0 Å². The Morgan fingerprint density at radius 3 is 2.81 bits per heavy atom. The molecule has 9 heteroatoms. The van der Waals surface area contributed by atoms with Gasteiger partial charge in [0.1, 0.15) is 12.2 Å². The predicted octanol–water partition coefficient (Wildman–Crippen LogP) is 0.641. The highest BCUT2D eigenvalue weighted by Crippen LogP contribution is 2.19. The number of H-pyrrole nitrogens is 1. The molecule has 3 heterocycles. The van der Waals surface area contributed by atoms with Gasteiger partial charge in [-0.1, -0.05) is 0 Å². The molecule has 1 aliphatic rings. The first kappa shape index (κ1) is 18.1. The van der Waals surface area contributed by atoms with Gasteiger partial charge in [0.2, 0.25) is 5.91 Å². The normalized spacial score (nSPS) is 15.9. The Bertz CT molecular complexity index is 760. The first-order valence-corrected chi connectivity index (χ1v) is 8.76. The van der Waals surface area contributed by atoms with Crippen molar-refractivity contribution in [2.45, 2.75) is 32.9 Å². The summed E-state index contributed by atoms with van der Waals surface area (Å²) in [5, 5.41) is 22.7. The van der Waals surface area contributed by atoms with Crippen molar-refractivity contribution >= 4 is 11.9 Å². The zero-order valence-electron chi connectivity index (χ0n) is 14.8. The number of hydrogen-bond donors (Lipinski definition) is 3. The van der Waals surface area contributed by atoms with Crippen molar-refractivity contribution in [3.8, 4) is 0 Å². The van der Waals surface area contributed by atoms with Crippen molar-refractivity contribution in [2.24, 2.45) is 5.92 Å². The Morgan fingerprint density at radius 1 is 1.38 bits per heavy atom. The van der Waals surface area contributed by atoms with Crippen LogP contribution < -0.4 is 5.32 Å². The largest absolute Gasteiger partial charge is 0.477 e. The maximum Gasteiger partial charge on any atom is 0.354 e. The van der Waals surface area contributed by atoms with Gasteiger partial charge < -0.3 is 10.4 Å². The van der Waals surface area contributed by atoms with Crippen LogP contribution in [0.3, 0.4) is 0 Å². The summed E-state index contributed by atoms with van der Waals surface area (Å²) in [7, 11) is 0. The summed E-state index contributed by atoms with van der Waals surface area (Å²) in [5.74, 6) is -0.569. The van der Waals surface area contributed by atoms with E-state index < -0.39 is 5.97 Å². The first-order chi connectivity index (χ1) is 12.5. The molecule has 3 rings (SSSR count). The van der Waals surface area contributed by atoms with Gasteiger partial charge in [-0.15, -0.1) is 0 Å². The van der Waals surface area contributed by atoms with Crippen molar-refractivity contribution in [2.75, 3.05) is 19.6 Å². The Labute approximate surface area is 151 Å². The number of nitrogens with zero attached hydrogens (tertiary/aromatic N) is 4. The Balaban J connectivity index is 1.39. The molecule has 0 radical (unpaired) electrons. The summed E-state index contributed by atoms with van der Waals surface area (Å²) in [6, 6.07) is 1.87. The molecule has 1 saturated heterocycles. The molecule has 0 aromatic carbocycles. The molecule has 0 unspecified atom stereocenters. The average molecular weight is 360 g/mol. The number of aromatic nitrogens is 4. The Morgan fingerprint density at radius 2 is 2.15 bits per heavy atom. The van der Waals surface area contributed by atoms with Gasteiger partial charge in [0.15, 0.2) is 0 Å². The van der Waals surface area contributed by atoms with Gasteiger partial charge in [-0.05, 0) is 44.8 Å². The summed E-state index contributed by atoms with van der Waals surface area (Å²) >= 11 is 0. The van der Waals surface area contributed by atoms with Crippen LogP contribution in [0.5, 0.6) is 0 Å². The number of aryl methyl sites for hydroxylation is 1. The highest BCUT2D eigenvalue weighted by Gasteiger charge is 2.22. The lowest BCUT2D eigenvalue weighted by Gasteiger charge is -2.31. The minimum atomic E-state index is -0.984. The van der Waals surface area contributed by atoms with E-state index in [1.54, 1.807) is 17.1 Å². The van der Waals surface area contributed by atoms with Crippen LogP contribution in [0.1, 0.15) is 34.6 Å². The van der Waals surface area contributed by atoms with Crippen LogP contribution in [0.4, 0.5) is 0 Å². The van der Waals surface area contributed by atoms with Crippen LogP contribution in [-0.2, 0) is 17.9 Å². The number of likely N-dealkylation sites (tertiary alicyclic amines) is 1. The average Bonchev–Trinajstić information content (AvgIpc) is 3.23. The molecule has 2 aromatic rings. The van der Waals surface area contributed by atoms with Crippen LogP contribution in [0.25, 0.3) is 0 Å². The molecule has 1 aliphatic heterocycles. The maximum absolute atomic E-state index is 12.0. The number of amides is 1. The number of carbonyl (C=O) groups is 2. The second kappa shape index (κ2) is 8.13. The van der Waals surface area contributed by atoms with Crippen molar-refractivity contribution in [3.63, 3.8) is 0 Å². The van der Waals surface area contributed by atoms with E-state index in [2.05, 4.69) is 25.5 Å². The van der Waals surface area contributed by atoms with Crippen LogP contribution >= 0.6 is 0 Å². The molecule has 3 N–H and O–H groups in total. The number of carboxylic acid groups (broad SMARTS) is 1. The number of hydrogen-bond acceptors (Lipinski definition) is 5. The second-order valence-corrected chi connectivity index (χ2v) is 6.75. The number of piperidine rings is 1. The van der Waals surface area contributed by atoms with E-state index in [4.69, 9.17) is 5.11 Å². The zero-order valence-corrected chi connectivity index (χ0v) is 14.8. The zero-order chi connectivity index (χ0) is 18.5. The maximum atomic E-state index is 12.0. The molecule has 9 nitrogen and oxygen atoms in total. The van der Waals surface area contributed by atoms with Crippen molar-refractivity contribution in [3.05, 3.63) is 35.4 Å². The molecule has 0 spiro atoms. The van der Waals surface area contributed by atoms with E-state index in [1.165, 1.54) is 0 Å². The molecule has 0 saturated carbocycles. The fourth-order valence-electron chi connectivity index (χ4n) is 3.22. The van der Waals surface area contributed by atoms with Crippen LogP contribution in [0.2, 0.25) is 0 Å². The van der Waals surface area contributed by atoms with E-state index in [0.29, 0.717) is 24.6 Å². The topological polar surface area (TPSA) is 116 Å². The standard InChI is InChI=1S/C17H24N6O3/c1-12-2-7-23(21-12)11-15(24)18-8-13-3-5-22(6-4-13)10-14-9-19-20-16(14)17(25)26/h2,7,9,13H,3-6,8,10-11H2,1H3,(H,18,24)(H,19,20)(H,25,26). The van der Waals surface area contributed by atoms with Gasteiger partial charge in [0, 0.05) is 24.8 Å². The number of rotatable bonds is 7. The van der Waals surface area contributed by atoms with Gasteiger partial charge in [-0.25, -0.2) is 4.79 Å². The third kappa shape index (κ3) is 4.69. The summed E-state index contributed by atoms with van der Waals surface area (Å²) in [6.07, 6.45) is 5.32. The molecule has 0 atom stereocenters. The molecule has 1 amide bonds. The molecule has 0 bridgehead atoms. The fourth-order valence-corrected chi connectivity index (χ4v) is 3.22. The van der Waals surface area contributed by atoms with Crippen LogP contribution in [-0.4, -0.2) is 61.5 Å². The van der Waals surface area contributed by atoms with E-state index >= 15 is 0 Å². The SMILES string of the molecule is Cc1ccn(CC(=O)NCC2CCN(Cc3cn[nH]c3C(=O)O)CC2)n1. The highest BCUT2D eigenvalue weighted by molar-refractivity contribution is 5.86. The van der Waals surface area contributed by atoms with E-state index in [0.717, 1.165) is 31.6 Å². The summed E-state index contributed by atoms with van der Waals surface area (Å²) in [5.41, 5.74) is 1.76. The van der Waals surface area contributed by atoms with Gasteiger partial charge in [0.05, 0.1) is 11.9 Å². The minimum absolute atomic E-state index is 0.0278. The number of aromatic amines is 1. The fraction of sp³-hybridized carbons (Fsp3) is 0.529. The minimum Gasteiger partial charge on any atom is -0.477 e. The Hall–Kier alpha value is -2.68. The van der Waals surface area contributed by atoms with Crippen molar-refractivity contribution in [1.82, 2.24) is 30.2 Å². The lowest BCUT2D eigenvalue weighted by molar-refractivity contribution is -0.122. The summed E-state index contributed by atoms with van der Waals surface area (Å²) < 4.78 is 1.64. The molecular formula is C17H24N6O3. The number of nitrogens with one attached hydrogen (secondary N) is 2. The van der Waals surface area contributed by atoms with E-state index in [-0.39, 0.29) is 18.1 Å². The lowest BCUT2D eigenvalue weighted by atomic mass is 9.96. The van der Waals surface area contributed by atoms with Crippen LogP contribution in [0.15, 0.2) is 18.5 Å². The first-order valence-electron chi connectivity index (χ1n) is 8.76. The van der Waals surface area contributed by atoms with Gasteiger partial charge in [-0.2, -0.15) is 10.2 Å². The third-order valence-electron chi connectivity index (χ3n) is 4.70. The van der Waals surface area contributed by atoms with E-state index in [9.17, 15) is 9.59 Å². The number of carbonyl (C=O) groups excluding carboxylic acids is 1. The molecule has 26 heavy (non-hydrogen) atoms. The molecule has 140 valence electrons. The highest BCUT2D eigenvalue weighted by atomic mass is 16.4. The monoisotopic (exact) mass is 360 g/mol. The van der Waals surface area contributed by atoms with Gasteiger partial charge in [0.25, 0.3) is 0 Å². The van der Waals surface area contributed by atoms with Crippen molar-refractivity contribution in [1.29, 1.82) is 0 Å². The summed E-state index contributed by atoms with van der Waals surface area (Å²) in [6.45, 7) is 5.14. The summed E-state index contributed by atoms with van der Waals surface area (Å²) in [4.78, 5) is 25.3. The molecule has 2 aromatic heterocycles. The second-order valence-electron chi connectivity index (χ2n) is 6.75. The smallest absolute Gasteiger partial charge is 0.354 e.